The van der Waals surface area contributed by atoms with E-state index in [1.54, 1.807) is 57.2 Å². The summed E-state index contributed by atoms with van der Waals surface area (Å²) in [5.41, 5.74) is 0.232. The summed E-state index contributed by atoms with van der Waals surface area (Å²) in [6.45, 7) is 5.35. The first-order valence-electron chi connectivity index (χ1n) is 9.19. The second kappa shape index (κ2) is 6.50. The van der Waals surface area contributed by atoms with Crippen LogP contribution < -0.4 is 4.72 Å². The van der Waals surface area contributed by atoms with Gasteiger partial charge in [-0.15, -0.1) is 11.3 Å². The number of amides is 2. The molecule has 1 N–H and O–H groups in total. The number of benzene rings is 1. The number of imide groups is 1. The van der Waals surface area contributed by atoms with Crippen molar-refractivity contribution in [2.75, 3.05) is 0 Å². The van der Waals surface area contributed by atoms with Crippen LogP contribution in [0.2, 0.25) is 0 Å². The van der Waals surface area contributed by atoms with Gasteiger partial charge in [0, 0.05) is 10.4 Å². The van der Waals surface area contributed by atoms with Gasteiger partial charge >= 0.3 is 0 Å². The van der Waals surface area contributed by atoms with Gasteiger partial charge in [0.2, 0.25) is 0 Å². The van der Waals surface area contributed by atoms with Gasteiger partial charge in [0.25, 0.3) is 21.8 Å². The monoisotopic (exact) mass is 418 g/mol. The Labute approximate surface area is 168 Å². The molecule has 1 fully saturated rings. The lowest BCUT2D eigenvalue weighted by atomic mass is 10.1. The normalized spacial score (nSPS) is 18.5. The van der Waals surface area contributed by atoms with Gasteiger partial charge in [-0.1, -0.05) is 12.1 Å². The van der Waals surface area contributed by atoms with Gasteiger partial charge in [-0.2, -0.15) is 0 Å². The predicted molar refractivity (Wildman–Crippen MR) is 107 cm³/mol. The number of nitrogens with one attached hydrogen (secondary N) is 1. The third kappa shape index (κ3) is 3.40. The van der Waals surface area contributed by atoms with E-state index in [1.807, 2.05) is 0 Å². The SMILES string of the molecule is CC(C)(C)NS(=O)(=O)c1ccc(C(C2CC2)N2C(=O)c3ccccc3C2=O)s1. The molecule has 0 bridgehead atoms. The average Bonchev–Trinajstić information content (AvgIpc) is 3.24. The Hall–Kier alpha value is -2.03. The van der Waals surface area contributed by atoms with E-state index >= 15 is 0 Å². The average molecular weight is 419 g/mol. The van der Waals surface area contributed by atoms with Gasteiger partial charge in [0.15, 0.2) is 0 Å². The number of nitrogens with zero attached hydrogens (tertiary/aromatic N) is 1. The maximum atomic E-state index is 12.9. The molecule has 2 heterocycles. The van der Waals surface area contributed by atoms with Crippen LogP contribution >= 0.6 is 11.3 Å². The molecular formula is C20H22N2O4S2. The molecule has 4 rings (SSSR count). The van der Waals surface area contributed by atoms with Gasteiger partial charge in [0.1, 0.15) is 4.21 Å². The third-order valence-corrected chi connectivity index (χ3v) is 8.18. The Kier molecular flexibility index (Phi) is 4.48. The van der Waals surface area contributed by atoms with E-state index in [0.717, 1.165) is 29.1 Å². The number of carbonyl (C=O) groups excluding carboxylic acids is 2. The number of carbonyl (C=O) groups is 2. The van der Waals surface area contributed by atoms with Crippen molar-refractivity contribution in [2.24, 2.45) is 5.92 Å². The molecule has 0 radical (unpaired) electrons. The molecule has 6 nitrogen and oxygen atoms in total. The molecular weight excluding hydrogens is 396 g/mol. The maximum Gasteiger partial charge on any atom is 0.262 e. The van der Waals surface area contributed by atoms with Crippen LogP contribution in [-0.2, 0) is 10.0 Å². The molecule has 2 aromatic rings. The second-order valence-corrected chi connectivity index (χ2v) is 11.3. The number of sulfonamides is 1. The quantitative estimate of drug-likeness (QED) is 0.753. The molecule has 1 aromatic heterocycles. The van der Waals surface area contributed by atoms with Crippen molar-refractivity contribution < 1.29 is 18.0 Å². The lowest BCUT2D eigenvalue weighted by Gasteiger charge is -2.25. The summed E-state index contributed by atoms with van der Waals surface area (Å²) in [7, 11) is -3.66. The van der Waals surface area contributed by atoms with Crippen LogP contribution in [0.4, 0.5) is 0 Å². The van der Waals surface area contributed by atoms with Gasteiger partial charge < -0.3 is 0 Å². The molecule has 28 heavy (non-hydrogen) atoms. The van der Waals surface area contributed by atoms with Gasteiger partial charge in [-0.05, 0) is 63.8 Å². The van der Waals surface area contributed by atoms with Crippen LogP contribution in [0.3, 0.4) is 0 Å². The first-order chi connectivity index (χ1) is 13.1. The van der Waals surface area contributed by atoms with Crippen molar-refractivity contribution in [3.05, 3.63) is 52.4 Å². The number of thiophene rings is 1. The predicted octanol–water partition coefficient (Wildman–Crippen LogP) is 3.57. The Morgan fingerprint density at radius 2 is 1.61 bits per heavy atom. The van der Waals surface area contributed by atoms with Crippen LogP contribution in [0.1, 0.15) is 65.2 Å². The highest BCUT2D eigenvalue weighted by Crippen LogP contribution is 2.49. The lowest BCUT2D eigenvalue weighted by molar-refractivity contribution is 0.0565. The molecule has 1 aliphatic heterocycles. The zero-order valence-corrected chi connectivity index (χ0v) is 17.6. The largest absolute Gasteiger partial charge is 0.269 e. The maximum absolute atomic E-state index is 12.9. The van der Waals surface area contributed by atoms with Crippen molar-refractivity contribution in [1.29, 1.82) is 0 Å². The van der Waals surface area contributed by atoms with Crippen LogP contribution in [-0.4, -0.2) is 30.7 Å². The minimum absolute atomic E-state index is 0.173. The van der Waals surface area contributed by atoms with Crippen molar-refractivity contribution in [1.82, 2.24) is 9.62 Å². The van der Waals surface area contributed by atoms with E-state index in [1.165, 1.54) is 4.90 Å². The molecule has 2 aliphatic rings. The fourth-order valence-electron chi connectivity index (χ4n) is 3.53. The van der Waals surface area contributed by atoms with Crippen molar-refractivity contribution >= 4 is 33.2 Å². The molecule has 1 unspecified atom stereocenters. The number of hydrogen-bond acceptors (Lipinski definition) is 5. The zero-order valence-electron chi connectivity index (χ0n) is 15.9. The van der Waals surface area contributed by atoms with E-state index in [2.05, 4.69) is 4.72 Å². The van der Waals surface area contributed by atoms with Gasteiger partial charge in [-0.3, -0.25) is 14.5 Å². The fourth-order valence-corrected chi connectivity index (χ4v) is 6.46. The molecule has 2 amide bonds. The Morgan fingerprint density at radius 3 is 2.11 bits per heavy atom. The summed E-state index contributed by atoms with van der Waals surface area (Å²) >= 11 is 1.13. The standard InChI is InChI=1S/C20H22N2O4S2/c1-20(2,3)21-28(25,26)16-11-10-15(27-16)17(12-8-9-12)22-18(23)13-6-4-5-7-14(13)19(22)24/h4-7,10-12,17,21H,8-9H2,1-3H3. The first-order valence-corrected chi connectivity index (χ1v) is 11.5. The molecule has 1 atom stereocenters. The van der Waals surface area contributed by atoms with Crippen LogP contribution in [0.15, 0.2) is 40.6 Å². The summed E-state index contributed by atoms with van der Waals surface area (Å²) in [6, 6.07) is 9.68. The molecule has 148 valence electrons. The highest BCUT2D eigenvalue weighted by atomic mass is 32.2. The summed E-state index contributed by atoms with van der Waals surface area (Å²) in [5, 5.41) is 0. The molecule has 1 aliphatic carbocycles. The summed E-state index contributed by atoms with van der Waals surface area (Å²) in [4.78, 5) is 27.9. The summed E-state index contributed by atoms with van der Waals surface area (Å²) in [5.74, 6) is -0.432. The molecule has 1 aromatic carbocycles. The molecule has 8 heteroatoms. The van der Waals surface area contributed by atoms with E-state index in [-0.39, 0.29) is 21.9 Å². The van der Waals surface area contributed by atoms with Crippen molar-refractivity contribution in [3.63, 3.8) is 0 Å². The van der Waals surface area contributed by atoms with E-state index in [0.29, 0.717) is 11.1 Å². The Bertz CT molecular complexity index is 1030. The van der Waals surface area contributed by atoms with E-state index in [4.69, 9.17) is 0 Å². The van der Waals surface area contributed by atoms with Crippen molar-refractivity contribution in [3.8, 4) is 0 Å². The van der Waals surface area contributed by atoms with Crippen LogP contribution in [0, 0.1) is 5.92 Å². The number of fused-ring (bicyclic) bond motifs is 1. The van der Waals surface area contributed by atoms with Crippen LogP contribution in [0.5, 0.6) is 0 Å². The first kappa shape index (κ1) is 19.3. The van der Waals surface area contributed by atoms with E-state index < -0.39 is 21.6 Å². The smallest absolute Gasteiger partial charge is 0.262 e. The van der Waals surface area contributed by atoms with E-state index in [9.17, 15) is 18.0 Å². The highest BCUT2D eigenvalue weighted by Gasteiger charge is 2.47. The van der Waals surface area contributed by atoms with Gasteiger partial charge in [0.05, 0.1) is 17.2 Å². The zero-order chi connectivity index (χ0) is 20.3. The fraction of sp³-hybridized carbons (Fsp3) is 0.400. The molecule has 0 saturated heterocycles. The van der Waals surface area contributed by atoms with Crippen LogP contribution in [0.25, 0.3) is 0 Å². The lowest BCUT2D eigenvalue weighted by Crippen LogP contribution is -2.40. The minimum atomic E-state index is -3.66. The van der Waals surface area contributed by atoms with Crippen molar-refractivity contribution in [2.45, 2.75) is 49.4 Å². The number of hydrogen-bond donors (Lipinski definition) is 1. The number of rotatable bonds is 5. The Balaban J connectivity index is 1.69. The third-order valence-electron chi connectivity index (χ3n) is 4.77. The summed E-state index contributed by atoms with van der Waals surface area (Å²) in [6.07, 6.45) is 1.83. The minimum Gasteiger partial charge on any atom is -0.269 e. The molecule has 1 saturated carbocycles. The molecule has 0 spiro atoms. The second-order valence-electron chi connectivity index (χ2n) is 8.32. The van der Waals surface area contributed by atoms with Gasteiger partial charge in [-0.25, -0.2) is 13.1 Å². The Morgan fingerprint density at radius 1 is 1.04 bits per heavy atom. The topological polar surface area (TPSA) is 83.6 Å². The highest BCUT2D eigenvalue weighted by molar-refractivity contribution is 7.91. The summed E-state index contributed by atoms with van der Waals surface area (Å²) < 4.78 is 28.1.